The molecule has 2 rings (SSSR count). The normalized spacial score (nSPS) is 15.7. The Morgan fingerprint density at radius 3 is 2.46 bits per heavy atom. The smallest absolute Gasteiger partial charge is 0.225 e. The van der Waals surface area contributed by atoms with Crippen LogP contribution in [0.1, 0.15) is 70.0 Å². The van der Waals surface area contributed by atoms with Gasteiger partial charge >= 0.3 is 0 Å². The predicted octanol–water partition coefficient (Wildman–Crippen LogP) is 3.98. The lowest BCUT2D eigenvalue weighted by Crippen LogP contribution is -2.50. The van der Waals surface area contributed by atoms with Crippen LogP contribution in [0.15, 0.2) is 10.4 Å². The van der Waals surface area contributed by atoms with E-state index in [9.17, 15) is 4.79 Å². The predicted molar refractivity (Wildman–Crippen MR) is 129 cm³/mol. The molecule has 6 nitrogen and oxygen atoms in total. The van der Waals surface area contributed by atoms with Gasteiger partial charge in [-0.1, -0.05) is 27.7 Å². The summed E-state index contributed by atoms with van der Waals surface area (Å²) in [7, 11) is 1.79. The van der Waals surface area contributed by atoms with Gasteiger partial charge in [0.15, 0.2) is 5.96 Å². The van der Waals surface area contributed by atoms with Crippen LogP contribution in [0.2, 0.25) is 0 Å². The van der Waals surface area contributed by atoms with Crippen LogP contribution in [0.25, 0.3) is 0 Å². The molecule has 28 heavy (non-hydrogen) atoms. The Labute approximate surface area is 191 Å². The molecule has 0 aromatic carbocycles. The van der Waals surface area contributed by atoms with Crippen LogP contribution in [-0.2, 0) is 11.3 Å². The third kappa shape index (κ3) is 7.17. The second-order valence-electron chi connectivity index (χ2n) is 7.51. The molecule has 1 amide bonds. The molecule has 1 aliphatic rings. The molecule has 1 saturated heterocycles. The highest BCUT2D eigenvalue weighted by Crippen LogP contribution is 2.19. The Balaban J connectivity index is 0.00000392. The molecule has 0 radical (unpaired) electrons. The van der Waals surface area contributed by atoms with Crippen LogP contribution in [0.4, 0.5) is 0 Å². The van der Waals surface area contributed by atoms with E-state index >= 15 is 0 Å². The van der Waals surface area contributed by atoms with E-state index in [0.29, 0.717) is 24.4 Å². The van der Waals surface area contributed by atoms with Crippen molar-refractivity contribution >= 4 is 47.2 Å². The topological polar surface area (TPSA) is 69.6 Å². The monoisotopic (exact) mass is 521 g/mol. The van der Waals surface area contributed by atoms with Crippen molar-refractivity contribution in [2.75, 3.05) is 20.1 Å². The number of likely N-dealkylation sites (tertiary alicyclic amines) is 1. The van der Waals surface area contributed by atoms with Crippen molar-refractivity contribution < 1.29 is 4.79 Å². The van der Waals surface area contributed by atoms with Gasteiger partial charge in [0.2, 0.25) is 5.91 Å². The molecule has 1 aromatic heterocycles. The zero-order chi connectivity index (χ0) is 19.8. The van der Waals surface area contributed by atoms with Crippen molar-refractivity contribution in [3.63, 3.8) is 0 Å². The van der Waals surface area contributed by atoms with Gasteiger partial charge in [-0.3, -0.25) is 9.79 Å². The SMILES string of the molecule is CCC(CC)C(=O)N1CCC(NC(=NC)NCc2csc(C(C)C)n2)CC1.I. The lowest BCUT2D eigenvalue weighted by atomic mass is 9.98. The minimum atomic E-state index is 0. The third-order valence-corrected chi connectivity index (χ3v) is 6.40. The third-order valence-electron chi connectivity index (χ3n) is 5.21. The number of carbonyl (C=O) groups excluding carboxylic acids is 1. The van der Waals surface area contributed by atoms with Gasteiger partial charge in [0.05, 0.1) is 17.2 Å². The van der Waals surface area contributed by atoms with Crippen molar-refractivity contribution in [2.45, 2.75) is 71.9 Å². The second kappa shape index (κ2) is 12.6. The van der Waals surface area contributed by atoms with E-state index in [1.54, 1.807) is 18.4 Å². The molecule has 2 heterocycles. The van der Waals surface area contributed by atoms with Gasteiger partial charge in [-0.05, 0) is 25.7 Å². The number of carbonyl (C=O) groups is 1. The average Bonchev–Trinajstić information content (AvgIpc) is 3.16. The molecular weight excluding hydrogens is 485 g/mol. The van der Waals surface area contributed by atoms with Crippen LogP contribution >= 0.6 is 35.3 Å². The Kier molecular flexibility index (Phi) is 11.3. The highest BCUT2D eigenvalue weighted by Gasteiger charge is 2.26. The molecule has 1 fully saturated rings. The molecule has 0 saturated carbocycles. The molecule has 1 aliphatic heterocycles. The zero-order valence-corrected chi connectivity index (χ0v) is 21.0. The number of thiazole rings is 1. The van der Waals surface area contributed by atoms with Gasteiger partial charge in [0.1, 0.15) is 0 Å². The summed E-state index contributed by atoms with van der Waals surface area (Å²) in [5.41, 5.74) is 1.05. The number of rotatable bonds is 7. The lowest BCUT2D eigenvalue weighted by molar-refractivity contribution is -0.136. The standard InChI is InChI=1S/C20H35N5OS.HI/c1-6-15(7-2)19(26)25-10-8-16(9-11-25)24-20(21-5)22-12-17-13-27-18(23-17)14(3)4;/h13-16H,6-12H2,1-5H3,(H2,21,22,24);1H. The first-order chi connectivity index (χ1) is 13.0. The maximum atomic E-state index is 12.5. The Morgan fingerprint density at radius 2 is 1.96 bits per heavy atom. The summed E-state index contributed by atoms with van der Waals surface area (Å²) in [6, 6.07) is 0.351. The Bertz CT molecular complexity index is 622. The van der Waals surface area contributed by atoms with Gasteiger partial charge in [0.25, 0.3) is 0 Å². The van der Waals surface area contributed by atoms with Crippen molar-refractivity contribution in [3.8, 4) is 0 Å². The van der Waals surface area contributed by atoms with Gasteiger partial charge in [0, 0.05) is 43.4 Å². The van der Waals surface area contributed by atoms with Gasteiger partial charge in [-0.2, -0.15) is 0 Å². The number of hydrogen-bond donors (Lipinski definition) is 2. The molecule has 0 aliphatic carbocycles. The first-order valence-corrected chi connectivity index (χ1v) is 11.1. The Hall–Kier alpha value is -0.900. The number of amides is 1. The summed E-state index contributed by atoms with van der Waals surface area (Å²) in [5, 5.41) is 10.1. The van der Waals surface area contributed by atoms with Crippen LogP contribution < -0.4 is 10.6 Å². The molecule has 0 bridgehead atoms. The second-order valence-corrected chi connectivity index (χ2v) is 8.40. The molecular formula is C20H36IN5OS. The molecule has 0 unspecified atom stereocenters. The number of halogens is 1. The lowest BCUT2D eigenvalue weighted by Gasteiger charge is -2.34. The van der Waals surface area contributed by atoms with Crippen molar-refractivity contribution in [3.05, 3.63) is 16.1 Å². The minimum Gasteiger partial charge on any atom is -0.354 e. The summed E-state index contributed by atoms with van der Waals surface area (Å²) < 4.78 is 0. The molecule has 0 atom stereocenters. The van der Waals surface area contributed by atoms with E-state index in [2.05, 4.69) is 53.7 Å². The molecule has 1 aromatic rings. The number of aromatic nitrogens is 1. The zero-order valence-electron chi connectivity index (χ0n) is 17.8. The number of aliphatic imine (C=N–C) groups is 1. The highest BCUT2D eigenvalue weighted by atomic mass is 127. The molecule has 0 spiro atoms. The average molecular weight is 522 g/mol. The van der Waals surface area contributed by atoms with E-state index in [0.717, 1.165) is 50.4 Å². The van der Waals surface area contributed by atoms with E-state index in [-0.39, 0.29) is 29.9 Å². The first kappa shape index (κ1) is 25.1. The number of nitrogens with zero attached hydrogens (tertiary/aromatic N) is 3. The quantitative estimate of drug-likeness (QED) is 0.324. The van der Waals surface area contributed by atoms with Crippen LogP contribution in [0.5, 0.6) is 0 Å². The fourth-order valence-corrected chi connectivity index (χ4v) is 4.21. The number of hydrogen-bond acceptors (Lipinski definition) is 4. The fraction of sp³-hybridized carbons (Fsp3) is 0.750. The van der Waals surface area contributed by atoms with Crippen molar-refractivity contribution in [1.29, 1.82) is 0 Å². The van der Waals surface area contributed by atoms with E-state index < -0.39 is 0 Å². The van der Waals surface area contributed by atoms with Crippen LogP contribution in [0.3, 0.4) is 0 Å². The Morgan fingerprint density at radius 1 is 1.32 bits per heavy atom. The van der Waals surface area contributed by atoms with Crippen LogP contribution in [-0.4, -0.2) is 47.9 Å². The fourth-order valence-electron chi connectivity index (χ4n) is 3.37. The van der Waals surface area contributed by atoms with Gasteiger partial charge < -0.3 is 15.5 Å². The number of nitrogens with one attached hydrogen (secondary N) is 2. The van der Waals surface area contributed by atoms with Crippen LogP contribution in [0, 0.1) is 5.92 Å². The minimum absolute atomic E-state index is 0. The van der Waals surface area contributed by atoms with E-state index in [1.165, 1.54) is 5.01 Å². The molecule has 2 N–H and O–H groups in total. The summed E-state index contributed by atoms with van der Waals surface area (Å²) in [6.45, 7) is 10.9. The van der Waals surface area contributed by atoms with Gasteiger partial charge in [-0.15, -0.1) is 35.3 Å². The summed E-state index contributed by atoms with van der Waals surface area (Å²) in [6.07, 6.45) is 3.78. The molecule has 8 heteroatoms. The maximum absolute atomic E-state index is 12.5. The van der Waals surface area contributed by atoms with Gasteiger partial charge in [-0.25, -0.2) is 4.98 Å². The summed E-state index contributed by atoms with van der Waals surface area (Å²) >= 11 is 1.71. The summed E-state index contributed by atoms with van der Waals surface area (Å²) in [4.78, 5) is 23.5. The largest absolute Gasteiger partial charge is 0.354 e. The maximum Gasteiger partial charge on any atom is 0.225 e. The van der Waals surface area contributed by atoms with Crippen molar-refractivity contribution in [2.24, 2.45) is 10.9 Å². The molecule has 160 valence electrons. The van der Waals surface area contributed by atoms with E-state index in [1.807, 2.05) is 4.90 Å². The first-order valence-electron chi connectivity index (χ1n) is 10.2. The van der Waals surface area contributed by atoms with E-state index in [4.69, 9.17) is 0 Å². The number of guanidine groups is 1. The summed E-state index contributed by atoms with van der Waals surface area (Å²) in [5.74, 6) is 1.77. The highest BCUT2D eigenvalue weighted by molar-refractivity contribution is 14.0. The van der Waals surface area contributed by atoms with Crippen molar-refractivity contribution in [1.82, 2.24) is 20.5 Å². The number of piperidine rings is 1.